The van der Waals surface area contributed by atoms with E-state index < -0.39 is 0 Å². The van der Waals surface area contributed by atoms with Crippen LogP contribution in [0.3, 0.4) is 0 Å². The van der Waals surface area contributed by atoms with Crippen molar-refractivity contribution in [2.75, 3.05) is 11.1 Å². The third-order valence-electron chi connectivity index (χ3n) is 5.49. The van der Waals surface area contributed by atoms with Gasteiger partial charge in [0.25, 0.3) is 0 Å². The second-order valence-corrected chi connectivity index (χ2v) is 9.00. The van der Waals surface area contributed by atoms with Gasteiger partial charge in [-0.25, -0.2) is 4.79 Å². The highest BCUT2D eigenvalue weighted by Gasteiger charge is 2.22. The lowest BCUT2D eigenvalue weighted by atomic mass is 10.0. The molecule has 160 valence electrons. The largest absolute Gasteiger partial charge is 0.349 e. The maximum atomic E-state index is 12.7. The van der Waals surface area contributed by atoms with E-state index >= 15 is 0 Å². The highest BCUT2D eigenvalue weighted by molar-refractivity contribution is 8.00. The van der Waals surface area contributed by atoms with Crippen molar-refractivity contribution in [3.05, 3.63) is 81.7 Å². The van der Waals surface area contributed by atoms with Crippen LogP contribution in [0.1, 0.15) is 48.6 Å². The fraction of sp³-hybridized carbons (Fsp3) is 0.333. The fourth-order valence-electron chi connectivity index (χ4n) is 3.82. The number of benzene rings is 1. The zero-order valence-electron chi connectivity index (χ0n) is 17.8. The number of rotatable bonds is 7. The predicted octanol–water partition coefficient (Wildman–Crippen LogP) is 4.03. The second-order valence-electron chi connectivity index (χ2n) is 8.03. The average Bonchev–Trinajstić information content (AvgIpc) is 3.26. The Morgan fingerprint density at radius 2 is 1.87 bits per heavy atom. The molecule has 1 aromatic carbocycles. The first-order valence-electron chi connectivity index (χ1n) is 10.6. The van der Waals surface area contributed by atoms with Crippen molar-refractivity contribution in [1.82, 2.24) is 14.5 Å². The molecule has 31 heavy (non-hydrogen) atoms. The van der Waals surface area contributed by atoms with Crippen LogP contribution in [-0.4, -0.2) is 26.2 Å². The topological polar surface area (TPSA) is 76.9 Å². The standard InChI is InChI=1S/C24H26N4O2S/c1-16(2)18-6-8-19(9-7-18)26-22(29)15-31-23-20-4-3-5-21(20)28(24(30)27-23)14-17-10-12-25-13-11-17/h6-13,16H,3-5,14-15H2,1-2H3,(H,26,29). The van der Waals surface area contributed by atoms with Gasteiger partial charge in [-0.1, -0.05) is 37.7 Å². The Bertz CT molecular complexity index is 1120. The van der Waals surface area contributed by atoms with Crippen LogP contribution in [0.4, 0.5) is 5.69 Å². The molecule has 0 fully saturated rings. The molecule has 2 aromatic heterocycles. The van der Waals surface area contributed by atoms with Crippen LogP contribution < -0.4 is 11.0 Å². The van der Waals surface area contributed by atoms with Gasteiger partial charge in [0.05, 0.1) is 12.3 Å². The first-order valence-corrected chi connectivity index (χ1v) is 11.5. The van der Waals surface area contributed by atoms with Gasteiger partial charge in [-0.05, 0) is 60.6 Å². The lowest BCUT2D eigenvalue weighted by Crippen LogP contribution is -2.28. The minimum absolute atomic E-state index is 0.100. The zero-order chi connectivity index (χ0) is 21.8. The number of hydrogen-bond acceptors (Lipinski definition) is 5. The normalized spacial score (nSPS) is 12.7. The van der Waals surface area contributed by atoms with E-state index in [1.807, 2.05) is 36.4 Å². The van der Waals surface area contributed by atoms with Crippen molar-refractivity contribution in [2.45, 2.75) is 50.6 Å². The van der Waals surface area contributed by atoms with Crippen LogP contribution in [0.5, 0.6) is 0 Å². The van der Waals surface area contributed by atoms with E-state index in [2.05, 4.69) is 29.1 Å². The number of amides is 1. The van der Waals surface area contributed by atoms with E-state index in [1.165, 1.54) is 17.3 Å². The molecule has 1 amide bonds. The first-order chi connectivity index (χ1) is 15.0. The maximum absolute atomic E-state index is 12.7. The van der Waals surface area contributed by atoms with Crippen molar-refractivity contribution < 1.29 is 4.79 Å². The van der Waals surface area contributed by atoms with Crippen LogP contribution in [0, 0.1) is 0 Å². The summed E-state index contributed by atoms with van der Waals surface area (Å²) in [6.07, 6.45) is 6.21. The van der Waals surface area contributed by atoms with Gasteiger partial charge in [-0.2, -0.15) is 4.98 Å². The summed E-state index contributed by atoms with van der Waals surface area (Å²) in [6.45, 7) is 4.77. The molecule has 7 heteroatoms. The van der Waals surface area contributed by atoms with Crippen LogP contribution in [-0.2, 0) is 24.2 Å². The quantitative estimate of drug-likeness (QED) is 0.449. The molecule has 4 rings (SSSR count). The Kier molecular flexibility index (Phi) is 6.51. The molecule has 1 N–H and O–H groups in total. The van der Waals surface area contributed by atoms with E-state index in [4.69, 9.17) is 0 Å². The molecule has 0 unspecified atom stereocenters. The van der Waals surface area contributed by atoms with Crippen LogP contribution in [0.2, 0.25) is 0 Å². The number of nitrogens with one attached hydrogen (secondary N) is 1. The summed E-state index contributed by atoms with van der Waals surface area (Å²) in [4.78, 5) is 33.6. The van der Waals surface area contributed by atoms with E-state index in [0.29, 0.717) is 17.5 Å². The molecule has 1 aliphatic carbocycles. The highest BCUT2D eigenvalue weighted by atomic mass is 32.2. The summed E-state index contributed by atoms with van der Waals surface area (Å²) in [6, 6.07) is 11.7. The fourth-order valence-corrected chi connectivity index (χ4v) is 4.70. The first kappa shape index (κ1) is 21.3. The van der Waals surface area contributed by atoms with Gasteiger partial charge in [0.15, 0.2) is 0 Å². The Hall–Kier alpha value is -2.93. The summed E-state index contributed by atoms with van der Waals surface area (Å²) in [5, 5.41) is 3.62. The highest BCUT2D eigenvalue weighted by Crippen LogP contribution is 2.29. The summed E-state index contributed by atoms with van der Waals surface area (Å²) in [7, 11) is 0. The molecular weight excluding hydrogens is 408 g/mol. The Morgan fingerprint density at radius 3 is 2.58 bits per heavy atom. The monoisotopic (exact) mass is 434 g/mol. The number of nitrogens with zero attached hydrogens (tertiary/aromatic N) is 3. The lowest BCUT2D eigenvalue weighted by molar-refractivity contribution is -0.113. The van der Waals surface area contributed by atoms with Gasteiger partial charge in [0.1, 0.15) is 5.03 Å². The van der Waals surface area contributed by atoms with Crippen molar-refractivity contribution in [3.8, 4) is 0 Å². The van der Waals surface area contributed by atoms with E-state index in [0.717, 1.165) is 41.8 Å². The Morgan fingerprint density at radius 1 is 1.13 bits per heavy atom. The third-order valence-corrected chi connectivity index (χ3v) is 6.51. The number of hydrogen-bond donors (Lipinski definition) is 1. The predicted molar refractivity (Wildman–Crippen MR) is 124 cm³/mol. The zero-order valence-corrected chi connectivity index (χ0v) is 18.6. The molecule has 2 heterocycles. The summed E-state index contributed by atoms with van der Waals surface area (Å²) < 4.78 is 1.76. The lowest BCUT2D eigenvalue weighted by Gasteiger charge is -2.14. The van der Waals surface area contributed by atoms with Crippen LogP contribution >= 0.6 is 11.8 Å². The summed E-state index contributed by atoms with van der Waals surface area (Å²) in [5.74, 6) is 0.574. The molecule has 0 spiro atoms. The van der Waals surface area contributed by atoms with Gasteiger partial charge in [-0.3, -0.25) is 14.3 Å². The molecule has 3 aromatic rings. The molecule has 1 aliphatic rings. The van der Waals surface area contributed by atoms with Crippen LogP contribution in [0.15, 0.2) is 58.6 Å². The molecule has 6 nitrogen and oxygen atoms in total. The Labute approximate surface area is 186 Å². The van der Waals surface area contributed by atoms with Gasteiger partial charge in [-0.15, -0.1) is 0 Å². The smallest absolute Gasteiger partial charge is 0.325 e. The van der Waals surface area contributed by atoms with Gasteiger partial charge < -0.3 is 5.32 Å². The number of thioether (sulfide) groups is 1. The van der Waals surface area contributed by atoms with E-state index in [1.54, 1.807) is 17.0 Å². The van der Waals surface area contributed by atoms with Gasteiger partial charge in [0, 0.05) is 29.3 Å². The molecule has 0 saturated heterocycles. The number of pyridine rings is 1. The maximum Gasteiger partial charge on any atom is 0.349 e. The molecule has 0 atom stereocenters. The summed E-state index contributed by atoms with van der Waals surface area (Å²) >= 11 is 1.34. The van der Waals surface area contributed by atoms with Crippen molar-refractivity contribution >= 4 is 23.4 Å². The molecule has 0 aliphatic heterocycles. The average molecular weight is 435 g/mol. The number of aromatic nitrogens is 3. The van der Waals surface area contributed by atoms with Crippen molar-refractivity contribution in [2.24, 2.45) is 0 Å². The number of fused-ring (bicyclic) bond motifs is 1. The van der Waals surface area contributed by atoms with Gasteiger partial charge >= 0.3 is 5.69 Å². The minimum Gasteiger partial charge on any atom is -0.325 e. The Balaban J connectivity index is 1.45. The number of carbonyl (C=O) groups excluding carboxylic acids is 1. The van der Waals surface area contributed by atoms with Crippen LogP contribution in [0.25, 0.3) is 0 Å². The summed E-state index contributed by atoms with van der Waals surface area (Å²) in [5.41, 5.74) is 4.93. The molecular formula is C24H26N4O2S. The SMILES string of the molecule is CC(C)c1ccc(NC(=O)CSc2nc(=O)n(Cc3ccncc3)c3c2CCC3)cc1. The minimum atomic E-state index is -0.260. The third kappa shape index (κ3) is 5.05. The van der Waals surface area contributed by atoms with E-state index in [9.17, 15) is 9.59 Å². The van der Waals surface area contributed by atoms with E-state index in [-0.39, 0.29) is 17.3 Å². The number of carbonyl (C=O) groups is 1. The number of anilines is 1. The second kappa shape index (κ2) is 9.47. The molecule has 0 bridgehead atoms. The molecule has 0 saturated carbocycles. The van der Waals surface area contributed by atoms with Crippen molar-refractivity contribution in [1.29, 1.82) is 0 Å². The van der Waals surface area contributed by atoms with Gasteiger partial charge in [0.2, 0.25) is 5.91 Å². The molecule has 0 radical (unpaired) electrons. The van der Waals surface area contributed by atoms with Crippen molar-refractivity contribution in [3.63, 3.8) is 0 Å².